The van der Waals surface area contributed by atoms with Gasteiger partial charge in [-0.2, -0.15) is 20.2 Å². The van der Waals surface area contributed by atoms with Crippen molar-refractivity contribution in [2.45, 2.75) is 25.3 Å². The average Bonchev–Trinajstić information content (AvgIpc) is 2.82. The molecule has 0 bridgehead atoms. The highest BCUT2D eigenvalue weighted by Gasteiger charge is 2.20. The maximum atomic E-state index is 12.9. The molecule has 0 unspecified atom stereocenters. The Morgan fingerprint density at radius 3 is 2.44 bits per heavy atom. The van der Waals surface area contributed by atoms with Gasteiger partial charge in [0.2, 0.25) is 0 Å². The third-order valence-electron chi connectivity index (χ3n) is 5.70. The van der Waals surface area contributed by atoms with Crippen LogP contribution in [-0.2, 0) is 16.7 Å². The molecule has 0 saturated carbocycles. The number of nitrogens with zero attached hydrogens (tertiary/aromatic N) is 1. The summed E-state index contributed by atoms with van der Waals surface area (Å²) >= 11 is 1.97. The van der Waals surface area contributed by atoms with E-state index in [1.807, 2.05) is 49.0 Å². The predicted octanol–water partition coefficient (Wildman–Crippen LogP) is 4.87. The molecule has 34 heavy (non-hydrogen) atoms. The van der Waals surface area contributed by atoms with E-state index in [2.05, 4.69) is 10.2 Å². The Kier molecular flexibility index (Phi) is 7.60. The van der Waals surface area contributed by atoms with E-state index in [0.717, 1.165) is 48.0 Å². The highest BCUT2D eigenvalue weighted by atomic mass is 32.2. The number of benzene rings is 3. The van der Waals surface area contributed by atoms with Crippen molar-refractivity contribution in [1.29, 1.82) is 0 Å². The molecule has 178 valence electrons. The van der Waals surface area contributed by atoms with E-state index in [4.69, 9.17) is 4.18 Å². The molecular formula is C26H28N2O4S2. The van der Waals surface area contributed by atoms with Crippen LogP contribution >= 0.6 is 11.8 Å². The molecular weight excluding hydrogens is 468 g/mol. The molecule has 0 spiro atoms. The molecule has 0 atom stereocenters. The van der Waals surface area contributed by atoms with Gasteiger partial charge < -0.3 is 9.50 Å². The van der Waals surface area contributed by atoms with Gasteiger partial charge in [0.25, 0.3) is 5.91 Å². The average molecular weight is 497 g/mol. The summed E-state index contributed by atoms with van der Waals surface area (Å²) < 4.78 is 30.8. The number of nitrogens with one attached hydrogen (secondary N) is 1. The fourth-order valence-electron chi connectivity index (χ4n) is 3.78. The molecule has 1 aliphatic heterocycles. The van der Waals surface area contributed by atoms with E-state index in [9.17, 15) is 13.2 Å². The smallest absolute Gasteiger partial charge is 0.339 e. The van der Waals surface area contributed by atoms with Crippen molar-refractivity contribution in [2.24, 2.45) is 0 Å². The molecule has 1 heterocycles. The molecule has 1 fully saturated rings. The fourth-order valence-corrected chi connectivity index (χ4v) is 6.01. The van der Waals surface area contributed by atoms with Gasteiger partial charge in [-0.1, -0.05) is 30.3 Å². The summed E-state index contributed by atoms with van der Waals surface area (Å²) in [5, 5.41) is 2.99. The number of amides is 1. The first-order chi connectivity index (χ1) is 16.3. The molecule has 1 N–H and O–H groups in total. The lowest BCUT2D eigenvalue weighted by atomic mass is 10.1. The van der Waals surface area contributed by atoms with Crippen molar-refractivity contribution in [1.82, 2.24) is 4.90 Å². The van der Waals surface area contributed by atoms with Gasteiger partial charge >= 0.3 is 10.1 Å². The van der Waals surface area contributed by atoms with Crippen molar-refractivity contribution in [3.8, 4) is 5.75 Å². The molecule has 0 radical (unpaired) electrons. The molecule has 0 aromatic heterocycles. The van der Waals surface area contributed by atoms with E-state index in [0.29, 0.717) is 11.1 Å². The van der Waals surface area contributed by atoms with Crippen LogP contribution < -0.4 is 9.50 Å². The van der Waals surface area contributed by atoms with Crippen LogP contribution in [0, 0.1) is 13.8 Å². The first-order valence-corrected chi connectivity index (χ1v) is 13.7. The SMILES string of the molecule is Cc1ccc(C)c(S(=O)(=O)Oc2ccc(C(=O)Nc3ccccc3CN3CCSCC3)cc2)c1. The third-order valence-corrected chi connectivity index (χ3v) is 8.03. The van der Waals surface area contributed by atoms with Crippen LogP contribution in [0.5, 0.6) is 5.75 Å². The minimum Gasteiger partial charge on any atom is -0.379 e. The highest BCUT2D eigenvalue weighted by Crippen LogP contribution is 2.24. The topological polar surface area (TPSA) is 75.7 Å². The number of aryl methyl sites for hydroxylation is 2. The highest BCUT2D eigenvalue weighted by molar-refractivity contribution is 7.99. The zero-order valence-corrected chi connectivity index (χ0v) is 20.9. The van der Waals surface area contributed by atoms with Crippen LogP contribution in [0.1, 0.15) is 27.0 Å². The Morgan fingerprint density at radius 2 is 1.71 bits per heavy atom. The molecule has 4 rings (SSSR count). The standard InChI is InChI=1S/C26H28N2O4S2/c1-19-7-8-20(2)25(17-19)34(30,31)32-23-11-9-21(10-12-23)26(29)27-24-6-4-3-5-22(24)18-28-13-15-33-16-14-28/h3-12,17H,13-16,18H2,1-2H3,(H,27,29). The molecule has 1 amide bonds. The number of hydrogen-bond donors (Lipinski definition) is 1. The van der Waals surface area contributed by atoms with Crippen LogP contribution in [0.4, 0.5) is 5.69 Å². The number of para-hydroxylation sites is 1. The first kappa shape index (κ1) is 24.3. The van der Waals surface area contributed by atoms with Crippen LogP contribution in [0.25, 0.3) is 0 Å². The second-order valence-electron chi connectivity index (χ2n) is 8.33. The van der Waals surface area contributed by atoms with Gasteiger partial charge in [-0.15, -0.1) is 0 Å². The largest absolute Gasteiger partial charge is 0.379 e. The van der Waals surface area contributed by atoms with Gasteiger partial charge in [-0.3, -0.25) is 9.69 Å². The number of rotatable bonds is 7. The van der Waals surface area contributed by atoms with Crippen molar-refractivity contribution >= 4 is 33.5 Å². The van der Waals surface area contributed by atoms with Gasteiger partial charge in [0.15, 0.2) is 0 Å². The summed E-state index contributed by atoms with van der Waals surface area (Å²) in [6.07, 6.45) is 0. The minimum absolute atomic E-state index is 0.137. The van der Waals surface area contributed by atoms with E-state index < -0.39 is 10.1 Å². The van der Waals surface area contributed by atoms with E-state index in [1.54, 1.807) is 31.2 Å². The number of thioether (sulfide) groups is 1. The second kappa shape index (κ2) is 10.6. The lowest BCUT2D eigenvalue weighted by Crippen LogP contribution is -2.32. The number of carbonyl (C=O) groups is 1. The van der Waals surface area contributed by atoms with Gasteiger partial charge in [-0.05, 0) is 66.9 Å². The fraction of sp³-hybridized carbons (Fsp3) is 0.269. The first-order valence-electron chi connectivity index (χ1n) is 11.1. The third kappa shape index (κ3) is 6.00. The van der Waals surface area contributed by atoms with E-state index in [1.165, 1.54) is 12.1 Å². The summed E-state index contributed by atoms with van der Waals surface area (Å²) in [5.41, 5.74) is 3.72. The minimum atomic E-state index is -3.97. The summed E-state index contributed by atoms with van der Waals surface area (Å²) in [7, 11) is -3.97. The Morgan fingerprint density at radius 1 is 1.00 bits per heavy atom. The quantitative estimate of drug-likeness (QED) is 0.470. The molecule has 8 heteroatoms. The Bertz CT molecular complexity index is 1270. The maximum absolute atomic E-state index is 12.9. The number of carbonyl (C=O) groups excluding carboxylic acids is 1. The van der Waals surface area contributed by atoms with E-state index >= 15 is 0 Å². The number of anilines is 1. The van der Waals surface area contributed by atoms with Crippen LogP contribution in [-0.4, -0.2) is 43.8 Å². The predicted molar refractivity (Wildman–Crippen MR) is 137 cm³/mol. The molecule has 6 nitrogen and oxygen atoms in total. The monoisotopic (exact) mass is 496 g/mol. The van der Waals surface area contributed by atoms with Crippen molar-refractivity contribution in [2.75, 3.05) is 29.9 Å². The summed E-state index contributed by atoms with van der Waals surface area (Å²) in [5.74, 6) is 2.15. The van der Waals surface area contributed by atoms with Crippen molar-refractivity contribution in [3.05, 3.63) is 89.0 Å². The zero-order chi connectivity index (χ0) is 24.1. The summed E-state index contributed by atoms with van der Waals surface area (Å²) in [6, 6.07) is 19.1. The molecule has 3 aromatic rings. The molecule has 1 aliphatic rings. The summed E-state index contributed by atoms with van der Waals surface area (Å²) in [4.78, 5) is 15.4. The Balaban J connectivity index is 1.44. The van der Waals surface area contributed by atoms with Gasteiger partial charge in [0.05, 0.1) is 0 Å². The Labute approximate surface area is 205 Å². The molecule has 1 saturated heterocycles. The van der Waals surface area contributed by atoms with Crippen molar-refractivity contribution in [3.63, 3.8) is 0 Å². The van der Waals surface area contributed by atoms with Gasteiger partial charge in [0, 0.05) is 42.4 Å². The van der Waals surface area contributed by atoms with E-state index in [-0.39, 0.29) is 16.6 Å². The Hall–Kier alpha value is -2.81. The molecule has 3 aromatic carbocycles. The zero-order valence-electron chi connectivity index (χ0n) is 19.3. The van der Waals surface area contributed by atoms with Gasteiger partial charge in [0.1, 0.15) is 10.6 Å². The van der Waals surface area contributed by atoms with Crippen LogP contribution in [0.15, 0.2) is 71.6 Å². The van der Waals surface area contributed by atoms with Crippen LogP contribution in [0.3, 0.4) is 0 Å². The summed E-state index contributed by atoms with van der Waals surface area (Å²) in [6.45, 7) is 6.43. The maximum Gasteiger partial charge on any atom is 0.339 e. The van der Waals surface area contributed by atoms with Crippen LogP contribution in [0.2, 0.25) is 0 Å². The second-order valence-corrected chi connectivity index (χ2v) is 11.1. The van der Waals surface area contributed by atoms with Gasteiger partial charge in [-0.25, -0.2) is 0 Å². The lowest BCUT2D eigenvalue weighted by molar-refractivity contribution is 0.102. The lowest BCUT2D eigenvalue weighted by Gasteiger charge is -2.27. The van der Waals surface area contributed by atoms with Crippen molar-refractivity contribution < 1.29 is 17.4 Å². The molecule has 0 aliphatic carbocycles. The normalized spacial score (nSPS) is 14.5. The number of hydrogen-bond acceptors (Lipinski definition) is 6.